The zero-order valence-corrected chi connectivity index (χ0v) is 15.4. The molecule has 0 fully saturated rings. The van der Waals surface area contributed by atoms with Gasteiger partial charge in [-0.2, -0.15) is 4.98 Å². The molecule has 0 aliphatic carbocycles. The first-order valence-corrected chi connectivity index (χ1v) is 8.36. The summed E-state index contributed by atoms with van der Waals surface area (Å²) in [5, 5.41) is 7.11. The summed E-state index contributed by atoms with van der Waals surface area (Å²) < 4.78 is 5.44. The molecule has 1 atom stereocenters. The molecule has 2 aromatic rings. The van der Waals surface area contributed by atoms with E-state index in [1.807, 2.05) is 65.8 Å². The van der Waals surface area contributed by atoms with Gasteiger partial charge in [0.1, 0.15) is 6.04 Å². The Bertz CT molecular complexity index is 699. The zero-order chi connectivity index (χ0) is 17.9. The lowest BCUT2D eigenvalue weighted by molar-refractivity contribution is -0.124. The first-order valence-electron chi connectivity index (χ1n) is 8.36. The van der Waals surface area contributed by atoms with Crippen molar-refractivity contribution < 1.29 is 9.32 Å². The SMILES string of the molecule is Cc1cccc(-c2noc(C(NC(=O)CC(C)(C)C)C(C)C)n2)c1. The van der Waals surface area contributed by atoms with Gasteiger partial charge >= 0.3 is 0 Å². The minimum atomic E-state index is -0.286. The van der Waals surface area contributed by atoms with Crippen molar-refractivity contribution in [3.05, 3.63) is 35.7 Å². The Hall–Kier alpha value is -2.17. The summed E-state index contributed by atoms with van der Waals surface area (Å²) >= 11 is 0. The van der Waals surface area contributed by atoms with Gasteiger partial charge < -0.3 is 9.84 Å². The van der Waals surface area contributed by atoms with Crippen LogP contribution in [0.25, 0.3) is 11.4 Å². The van der Waals surface area contributed by atoms with Gasteiger partial charge in [-0.15, -0.1) is 0 Å². The molecule has 1 aromatic carbocycles. The summed E-state index contributed by atoms with van der Waals surface area (Å²) in [6.45, 7) is 12.2. The number of aryl methyl sites for hydroxylation is 1. The van der Waals surface area contributed by atoms with Crippen LogP contribution in [-0.2, 0) is 4.79 Å². The molecule has 0 radical (unpaired) electrons. The van der Waals surface area contributed by atoms with E-state index in [0.29, 0.717) is 18.1 Å². The Morgan fingerprint density at radius 3 is 2.58 bits per heavy atom. The summed E-state index contributed by atoms with van der Waals surface area (Å²) in [4.78, 5) is 16.8. The van der Waals surface area contributed by atoms with Gasteiger partial charge in [-0.25, -0.2) is 0 Å². The van der Waals surface area contributed by atoms with Crippen molar-refractivity contribution in [1.82, 2.24) is 15.5 Å². The zero-order valence-electron chi connectivity index (χ0n) is 15.4. The molecule has 0 spiro atoms. The maximum absolute atomic E-state index is 12.3. The highest BCUT2D eigenvalue weighted by Crippen LogP contribution is 2.25. The Morgan fingerprint density at radius 2 is 2.00 bits per heavy atom. The van der Waals surface area contributed by atoms with Gasteiger partial charge in [-0.3, -0.25) is 4.79 Å². The third kappa shape index (κ3) is 4.91. The van der Waals surface area contributed by atoms with Crippen LogP contribution in [0.3, 0.4) is 0 Å². The lowest BCUT2D eigenvalue weighted by atomic mass is 9.91. The lowest BCUT2D eigenvalue weighted by Crippen LogP contribution is -2.34. The third-order valence-electron chi connectivity index (χ3n) is 3.66. The van der Waals surface area contributed by atoms with E-state index in [-0.39, 0.29) is 23.3 Å². The van der Waals surface area contributed by atoms with Crippen molar-refractivity contribution in [1.29, 1.82) is 0 Å². The van der Waals surface area contributed by atoms with E-state index in [4.69, 9.17) is 4.52 Å². The number of hydrogen-bond acceptors (Lipinski definition) is 4. The maximum Gasteiger partial charge on any atom is 0.249 e. The second-order valence-corrected chi connectivity index (χ2v) is 7.85. The van der Waals surface area contributed by atoms with Crippen LogP contribution in [0.2, 0.25) is 0 Å². The molecular formula is C19H27N3O2. The first-order chi connectivity index (χ1) is 11.2. The predicted molar refractivity (Wildman–Crippen MR) is 94.3 cm³/mol. The molecule has 0 aliphatic heterocycles. The highest BCUT2D eigenvalue weighted by Gasteiger charge is 2.26. The highest BCUT2D eigenvalue weighted by atomic mass is 16.5. The molecule has 130 valence electrons. The molecule has 1 heterocycles. The van der Waals surface area contributed by atoms with Gasteiger partial charge in [0.2, 0.25) is 17.6 Å². The van der Waals surface area contributed by atoms with Crippen LogP contribution in [0, 0.1) is 18.3 Å². The van der Waals surface area contributed by atoms with E-state index in [9.17, 15) is 4.79 Å². The molecule has 1 aromatic heterocycles. The normalized spacial score (nSPS) is 13.1. The number of benzene rings is 1. The number of amides is 1. The van der Waals surface area contributed by atoms with Gasteiger partial charge in [0.05, 0.1) is 0 Å². The molecule has 2 rings (SSSR count). The van der Waals surface area contributed by atoms with Crippen molar-refractivity contribution in [3.8, 4) is 11.4 Å². The van der Waals surface area contributed by atoms with Crippen LogP contribution >= 0.6 is 0 Å². The molecule has 24 heavy (non-hydrogen) atoms. The molecule has 0 bridgehead atoms. The monoisotopic (exact) mass is 329 g/mol. The standard InChI is InChI=1S/C19H27N3O2/c1-12(2)16(20-15(23)11-19(4,5)6)18-21-17(22-24-18)14-9-7-8-13(3)10-14/h7-10,12,16H,11H2,1-6H3,(H,20,23). The minimum absolute atomic E-state index is 0.00324. The topological polar surface area (TPSA) is 68.0 Å². The number of aromatic nitrogens is 2. The van der Waals surface area contributed by atoms with E-state index in [1.165, 1.54) is 0 Å². The van der Waals surface area contributed by atoms with Gasteiger partial charge in [0.15, 0.2) is 0 Å². The van der Waals surface area contributed by atoms with Gasteiger partial charge in [-0.05, 0) is 24.3 Å². The van der Waals surface area contributed by atoms with Gasteiger partial charge in [0, 0.05) is 12.0 Å². The molecule has 5 heteroatoms. The average Bonchev–Trinajstić information content (AvgIpc) is 2.92. The number of hydrogen-bond donors (Lipinski definition) is 1. The van der Waals surface area contributed by atoms with E-state index in [0.717, 1.165) is 11.1 Å². The third-order valence-corrected chi connectivity index (χ3v) is 3.66. The largest absolute Gasteiger partial charge is 0.344 e. The minimum Gasteiger partial charge on any atom is -0.344 e. The number of rotatable bonds is 5. The smallest absolute Gasteiger partial charge is 0.249 e. The summed E-state index contributed by atoms with van der Waals surface area (Å²) in [7, 11) is 0. The second-order valence-electron chi connectivity index (χ2n) is 7.85. The van der Waals surface area contributed by atoms with Crippen LogP contribution in [0.1, 0.15) is 58.5 Å². The average molecular weight is 329 g/mol. The van der Waals surface area contributed by atoms with Crippen molar-refractivity contribution >= 4 is 5.91 Å². The second kappa shape index (κ2) is 7.16. The molecule has 1 amide bonds. The van der Waals surface area contributed by atoms with Crippen LogP contribution in [0.15, 0.2) is 28.8 Å². The van der Waals surface area contributed by atoms with Gasteiger partial charge in [-0.1, -0.05) is 63.5 Å². The van der Waals surface area contributed by atoms with Crippen molar-refractivity contribution in [2.24, 2.45) is 11.3 Å². The van der Waals surface area contributed by atoms with Crippen LogP contribution in [0.4, 0.5) is 0 Å². The quantitative estimate of drug-likeness (QED) is 0.888. The molecule has 5 nitrogen and oxygen atoms in total. The van der Waals surface area contributed by atoms with E-state index in [1.54, 1.807) is 0 Å². The van der Waals surface area contributed by atoms with E-state index >= 15 is 0 Å². The van der Waals surface area contributed by atoms with Crippen molar-refractivity contribution in [3.63, 3.8) is 0 Å². The predicted octanol–water partition coefficient (Wildman–Crippen LogP) is 4.29. The van der Waals surface area contributed by atoms with Crippen LogP contribution < -0.4 is 5.32 Å². The number of nitrogens with one attached hydrogen (secondary N) is 1. The number of nitrogens with zero attached hydrogens (tertiary/aromatic N) is 2. The Labute approximate surface area is 143 Å². The first kappa shape index (κ1) is 18.2. The fraction of sp³-hybridized carbons (Fsp3) is 0.526. The fourth-order valence-corrected chi connectivity index (χ4v) is 2.48. The maximum atomic E-state index is 12.3. The molecule has 0 saturated heterocycles. The fourth-order valence-electron chi connectivity index (χ4n) is 2.48. The van der Waals surface area contributed by atoms with Crippen LogP contribution in [-0.4, -0.2) is 16.0 Å². The molecule has 1 unspecified atom stereocenters. The van der Waals surface area contributed by atoms with E-state index in [2.05, 4.69) is 15.5 Å². The van der Waals surface area contributed by atoms with Crippen molar-refractivity contribution in [2.45, 2.75) is 54.0 Å². The Kier molecular flexibility index (Phi) is 5.42. The molecule has 0 saturated carbocycles. The number of carbonyl (C=O) groups excluding carboxylic acids is 1. The Balaban J connectivity index is 2.19. The van der Waals surface area contributed by atoms with Crippen LogP contribution in [0.5, 0.6) is 0 Å². The molecule has 0 aliphatic rings. The number of carbonyl (C=O) groups is 1. The molecule has 1 N–H and O–H groups in total. The summed E-state index contributed by atoms with van der Waals surface area (Å²) in [6, 6.07) is 7.66. The summed E-state index contributed by atoms with van der Waals surface area (Å²) in [5.74, 6) is 1.14. The lowest BCUT2D eigenvalue weighted by Gasteiger charge is -2.22. The Morgan fingerprint density at radius 1 is 1.29 bits per heavy atom. The van der Waals surface area contributed by atoms with Crippen molar-refractivity contribution in [2.75, 3.05) is 0 Å². The highest BCUT2D eigenvalue weighted by molar-refractivity contribution is 5.77. The summed E-state index contributed by atoms with van der Waals surface area (Å²) in [5.41, 5.74) is 1.99. The summed E-state index contributed by atoms with van der Waals surface area (Å²) in [6.07, 6.45) is 0.453. The molecular weight excluding hydrogens is 302 g/mol. The van der Waals surface area contributed by atoms with E-state index < -0.39 is 0 Å². The van der Waals surface area contributed by atoms with Gasteiger partial charge in [0.25, 0.3) is 0 Å².